The molecule has 3 rings (SSSR count). The highest BCUT2D eigenvalue weighted by Gasteiger charge is 2.22. The summed E-state index contributed by atoms with van der Waals surface area (Å²) in [6.07, 6.45) is 0. The average molecular weight is 427 g/mol. The van der Waals surface area contributed by atoms with Crippen LogP contribution in [0.2, 0.25) is 10.0 Å². The van der Waals surface area contributed by atoms with Crippen molar-refractivity contribution in [3.63, 3.8) is 0 Å². The lowest BCUT2D eigenvalue weighted by Crippen LogP contribution is -2.48. The number of rotatable bonds is 4. The molecule has 0 aliphatic carbocycles. The molecule has 27 heavy (non-hydrogen) atoms. The summed E-state index contributed by atoms with van der Waals surface area (Å²) < 4.78 is 25.1. The number of amidine groups is 1. The zero-order chi connectivity index (χ0) is 19.4. The molecule has 1 saturated heterocycles. The van der Waals surface area contributed by atoms with Crippen molar-refractivity contribution in [2.45, 2.75) is 4.90 Å². The van der Waals surface area contributed by atoms with Crippen LogP contribution in [0.4, 0.5) is 0 Å². The topological polar surface area (TPSA) is 65.0 Å². The van der Waals surface area contributed by atoms with Crippen LogP contribution in [0, 0.1) is 0 Å². The van der Waals surface area contributed by atoms with Gasteiger partial charge in [0.05, 0.1) is 9.92 Å². The second-order valence-electron chi connectivity index (χ2n) is 6.26. The summed E-state index contributed by atoms with van der Waals surface area (Å²) in [5.41, 5.74) is 0.587. The second-order valence-corrected chi connectivity index (χ2v) is 8.76. The number of hydrogen-bond acceptors (Lipinski definition) is 4. The summed E-state index contributed by atoms with van der Waals surface area (Å²) in [6, 6.07) is 13.2. The number of sulfonamides is 1. The first-order valence-electron chi connectivity index (χ1n) is 8.40. The number of hydrazone groups is 1. The Kier molecular flexibility index (Phi) is 6.26. The summed E-state index contributed by atoms with van der Waals surface area (Å²) in [5.74, 6) is 0.454. The maximum Gasteiger partial charge on any atom is 0.276 e. The Morgan fingerprint density at radius 2 is 1.70 bits per heavy atom. The Morgan fingerprint density at radius 3 is 2.37 bits per heavy atom. The number of halogens is 2. The Labute approximate surface area is 169 Å². The van der Waals surface area contributed by atoms with Crippen LogP contribution in [0.1, 0.15) is 5.56 Å². The number of nitrogens with zero attached hydrogens (tertiary/aromatic N) is 3. The first-order valence-corrected chi connectivity index (χ1v) is 10.6. The average Bonchev–Trinajstić information content (AvgIpc) is 2.66. The highest BCUT2D eigenvalue weighted by atomic mass is 35.5. The molecular formula is C18H20Cl2N4O2S. The molecule has 6 nitrogen and oxygen atoms in total. The smallest absolute Gasteiger partial charge is 0.276 e. The number of piperazine rings is 1. The first kappa shape index (κ1) is 19.9. The van der Waals surface area contributed by atoms with Crippen LogP contribution in [0.3, 0.4) is 0 Å². The van der Waals surface area contributed by atoms with Crippen molar-refractivity contribution in [3.05, 3.63) is 64.1 Å². The molecule has 1 heterocycles. The molecule has 0 saturated carbocycles. The van der Waals surface area contributed by atoms with Gasteiger partial charge in [-0.2, -0.15) is 13.2 Å². The SMILES string of the molecule is CN1CCN(C(=NNS(=O)(=O)c2ccccc2)c2cc(Cl)ccc2Cl)CC1. The lowest BCUT2D eigenvalue weighted by atomic mass is 10.1. The van der Waals surface area contributed by atoms with E-state index in [0.717, 1.165) is 13.1 Å². The molecule has 0 aromatic heterocycles. The van der Waals surface area contributed by atoms with Crippen LogP contribution in [0.15, 0.2) is 58.5 Å². The highest BCUT2D eigenvalue weighted by Crippen LogP contribution is 2.23. The molecule has 2 aromatic rings. The van der Waals surface area contributed by atoms with Gasteiger partial charge in [-0.25, -0.2) is 0 Å². The largest absolute Gasteiger partial charge is 0.352 e. The summed E-state index contributed by atoms with van der Waals surface area (Å²) in [6.45, 7) is 3.07. The zero-order valence-corrected chi connectivity index (χ0v) is 17.1. The number of hydrogen-bond donors (Lipinski definition) is 1. The zero-order valence-electron chi connectivity index (χ0n) is 14.8. The quantitative estimate of drug-likeness (QED) is 0.463. The van der Waals surface area contributed by atoms with E-state index in [4.69, 9.17) is 23.2 Å². The van der Waals surface area contributed by atoms with Gasteiger partial charge in [-0.05, 0) is 37.4 Å². The maximum absolute atomic E-state index is 12.6. The van der Waals surface area contributed by atoms with E-state index >= 15 is 0 Å². The van der Waals surface area contributed by atoms with Gasteiger partial charge in [0.1, 0.15) is 0 Å². The van der Waals surface area contributed by atoms with E-state index in [0.29, 0.717) is 34.5 Å². The molecule has 0 spiro atoms. The molecule has 0 atom stereocenters. The van der Waals surface area contributed by atoms with E-state index in [1.54, 1.807) is 36.4 Å². The number of benzene rings is 2. The van der Waals surface area contributed by atoms with Crippen LogP contribution in [0.25, 0.3) is 0 Å². The minimum absolute atomic E-state index is 0.142. The predicted octanol–water partition coefficient (Wildman–Crippen LogP) is 2.88. The fourth-order valence-electron chi connectivity index (χ4n) is 2.74. The molecule has 144 valence electrons. The summed E-state index contributed by atoms with van der Waals surface area (Å²) in [5, 5.41) is 5.19. The van der Waals surface area contributed by atoms with E-state index in [1.165, 1.54) is 12.1 Å². The molecule has 1 fully saturated rings. The molecule has 0 amide bonds. The van der Waals surface area contributed by atoms with E-state index in [-0.39, 0.29) is 4.90 Å². The molecular weight excluding hydrogens is 407 g/mol. The fourth-order valence-corrected chi connectivity index (χ4v) is 3.95. The Hall–Kier alpha value is -1.80. The van der Waals surface area contributed by atoms with E-state index in [2.05, 4.69) is 14.8 Å². The fraction of sp³-hybridized carbons (Fsp3) is 0.278. The van der Waals surface area contributed by atoms with Gasteiger partial charge in [0, 0.05) is 36.8 Å². The first-order chi connectivity index (χ1) is 12.9. The monoisotopic (exact) mass is 426 g/mol. The number of nitrogens with one attached hydrogen (secondary N) is 1. The van der Waals surface area contributed by atoms with E-state index in [9.17, 15) is 8.42 Å². The summed E-state index contributed by atoms with van der Waals surface area (Å²) in [7, 11) is -1.75. The Bertz CT molecular complexity index is 928. The van der Waals surface area contributed by atoms with Crippen LogP contribution in [0.5, 0.6) is 0 Å². The lowest BCUT2D eigenvalue weighted by Gasteiger charge is -2.34. The van der Waals surface area contributed by atoms with Gasteiger partial charge in [0.25, 0.3) is 10.0 Å². The third kappa shape index (κ3) is 4.93. The van der Waals surface area contributed by atoms with Crippen LogP contribution in [-0.4, -0.2) is 57.3 Å². The molecule has 0 radical (unpaired) electrons. The van der Waals surface area contributed by atoms with Gasteiger partial charge >= 0.3 is 0 Å². The maximum atomic E-state index is 12.6. The van der Waals surface area contributed by atoms with Gasteiger partial charge in [0.2, 0.25) is 0 Å². The molecule has 9 heteroatoms. The van der Waals surface area contributed by atoms with Crippen molar-refractivity contribution in [2.75, 3.05) is 33.2 Å². The van der Waals surface area contributed by atoms with Crippen LogP contribution >= 0.6 is 23.2 Å². The molecule has 1 aliphatic rings. The van der Waals surface area contributed by atoms with Crippen molar-refractivity contribution < 1.29 is 8.42 Å². The van der Waals surface area contributed by atoms with E-state index < -0.39 is 10.0 Å². The lowest BCUT2D eigenvalue weighted by molar-refractivity contribution is 0.215. The highest BCUT2D eigenvalue weighted by molar-refractivity contribution is 7.89. The third-order valence-corrected chi connectivity index (χ3v) is 6.09. The van der Waals surface area contributed by atoms with E-state index in [1.807, 2.05) is 11.9 Å². The third-order valence-electron chi connectivity index (χ3n) is 4.30. The van der Waals surface area contributed by atoms with Crippen LogP contribution in [-0.2, 0) is 10.0 Å². The van der Waals surface area contributed by atoms with Gasteiger partial charge in [0.15, 0.2) is 5.84 Å². The molecule has 2 aromatic carbocycles. The van der Waals surface area contributed by atoms with Crippen molar-refractivity contribution in [1.82, 2.24) is 14.6 Å². The minimum atomic E-state index is -3.79. The summed E-state index contributed by atoms with van der Waals surface area (Å²) >= 11 is 12.5. The standard InChI is InChI=1S/C18H20Cl2N4O2S/c1-23-9-11-24(12-10-23)18(16-13-14(19)7-8-17(16)20)21-22-27(25,26)15-5-3-2-4-6-15/h2-8,13,22H,9-12H2,1H3. The predicted molar refractivity (Wildman–Crippen MR) is 109 cm³/mol. The minimum Gasteiger partial charge on any atom is -0.352 e. The molecule has 0 unspecified atom stereocenters. The van der Waals surface area contributed by atoms with Gasteiger partial charge < -0.3 is 9.80 Å². The normalized spacial score (nSPS) is 16.4. The van der Waals surface area contributed by atoms with Crippen LogP contribution < -0.4 is 4.83 Å². The second kappa shape index (κ2) is 8.48. The van der Waals surface area contributed by atoms with Gasteiger partial charge in [-0.3, -0.25) is 0 Å². The molecule has 1 N–H and O–H groups in total. The van der Waals surface area contributed by atoms with Crippen molar-refractivity contribution >= 4 is 39.1 Å². The number of likely N-dealkylation sites (N-methyl/N-ethyl adjacent to an activating group) is 1. The van der Waals surface area contributed by atoms with Crippen molar-refractivity contribution in [2.24, 2.45) is 5.10 Å². The summed E-state index contributed by atoms with van der Waals surface area (Å²) in [4.78, 5) is 6.68. The Morgan fingerprint density at radius 1 is 1.04 bits per heavy atom. The molecule has 1 aliphatic heterocycles. The van der Waals surface area contributed by atoms with Crippen molar-refractivity contribution in [1.29, 1.82) is 0 Å². The Balaban J connectivity index is 1.96. The van der Waals surface area contributed by atoms with Gasteiger partial charge in [-0.15, -0.1) is 5.10 Å². The van der Waals surface area contributed by atoms with Crippen molar-refractivity contribution in [3.8, 4) is 0 Å². The molecule has 0 bridgehead atoms. The van der Waals surface area contributed by atoms with Gasteiger partial charge in [-0.1, -0.05) is 41.4 Å².